The lowest BCUT2D eigenvalue weighted by atomic mass is 10.1. The molecule has 1 N–H and O–H groups in total. The molecule has 3 aromatic carbocycles. The van der Waals surface area contributed by atoms with Gasteiger partial charge in [-0.2, -0.15) is 0 Å². The summed E-state index contributed by atoms with van der Waals surface area (Å²) in [4.78, 5) is 12.6. The average molecular weight is 386 g/mol. The van der Waals surface area contributed by atoms with Crippen LogP contribution in [-0.2, 0) is 13.2 Å². The van der Waals surface area contributed by atoms with Crippen LogP contribution in [0.2, 0.25) is 10.0 Å². The number of carbonyl (C=O) groups is 1. The van der Waals surface area contributed by atoms with Crippen molar-refractivity contribution in [1.29, 1.82) is 0 Å². The second-order valence-electron chi connectivity index (χ2n) is 5.69. The maximum absolute atomic E-state index is 12.6. The molecule has 0 bridgehead atoms. The van der Waals surface area contributed by atoms with Crippen molar-refractivity contribution >= 4 is 29.1 Å². The highest BCUT2D eigenvalue weighted by molar-refractivity contribution is 6.35. The third-order valence-electron chi connectivity index (χ3n) is 3.82. The molecule has 0 unspecified atom stereocenters. The van der Waals surface area contributed by atoms with Crippen LogP contribution < -0.4 is 10.1 Å². The monoisotopic (exact) mass is 385 g/mol. The Bertz CT molecular complexity index is 898. The van der Waals surface area contributed by atoms with Gasteiger partial charge in [-0.05, 0) is 35.4 Å². The van der Waals surface area contributed by atoms with Gasteiger partial charge >= 0.3 is 0 Å². The molecule has 0 saturated heterocycles. The number of carbonyl (C=O) groups excluding carboxylic acids is 1. The molecule has 0 aromatic heterocycles. The Morgan fingerprint density at radius 2 is 1.65 bits per heavy atom. The molecule has 0 aliphatic heterocycles. The molecule has 0 atom stereocenters. The number of nitrogens with one attached hydrogen (secondary N) is 1. The Morgan fingerprint density at radius 1 is 0.923 bits per heavy atom. The summed E-state index contributed by atoms with van der Waals surface area (Å²) in [6.45, 7) is 0.704. The Balaban J connectivity index is 1.67. The van der Waals surface area contributed by atoms with Gasteiger partial charge in [-0.3, -0.25) is 4.79 Å². The molecule has 0 heterocycles. The van der Waals surface area contributed by atoms with Crippen molar-refractivity contribution < 1.29 is 9.53 Å². The SMILES string of the molecule is O=C(NCc1ccc(Cl)cc1Cl)c1ccccc1OCc1ccccc1. The fourth-order valence-corrected chi connectivity index (χ4v) is 2.93. The zero-order chi connectivity index (χ0) is 18.4. The Labute approximate surface area is 162 Å². The summed E-state index contributed by atoms with van der Waals surface area (Å²) < 4.78 is 5.83. The van der Waals surface area contributed by atoms with E-state index in [0.29, 0.717) is 34.5 Å². The molecular weight excluding hydrogens is 369 g/mol. The van der Waals surface area contributed by atoms with Crippen LogP contribution >= 0.6 is 23.2 Å². The zero-order valence-electron chi connectivity index (χ0n) is 13.9. The second kappa shape index (κ2) is 8.75. The largest absolute Gasteiger partial charge is 0.488 e. The minimum absolute atomic E-state index is 0.223. The lowest BCUT2D eigenvalue weighted by Crippen LogP contribution is -2.23. The zero-order valence-corrected chi connectivity index (χ0v) is 15.4. The first kappa shape index (κ1) is 18.3. The lowest BCUT2D eigenvalue weighted by Gasteiger charge is -2.12. The first-order valence-electron chi connectivity index (χ1n) is 8.11. The van der Waals surface area contributed by atoms with Gasteiger partial charge in [0, 0.05) is 16.6 Å². The molecule has 0 spiro atoms. The predicted octanol–water partition coefficient (Wildman–Crippen LogP) is 5.50. The fraction of sp³-hybridized carbons (Fsp3) is 0.0952. The van der Waals surface area contributed by atoms with Gasteiger partial charge in [-0.15, -0.1) is 0 Å². The van der Waals surface area contributed by atoms with Crippen LogP contribution in [0, 0.1) is 0 Å². The summed E-state index contributed by atoms with van der Waals surface area (Å²) in [5.41, 5.74) is 2.32. The van der Waals surface area contributed by atoms with E-state index in [2.05, 4.69) is 5.32 Å². The Kier molecular flexibility index (Phi) is 6.16. The number of rotatable bonds is 6. The van der Waals surface area contributed by atoms with E-state index in [4.69, 9.17) is 27.9 Å². The van der Waals surface area contributed by atoms with Crippen molar-refractivity contribution in [2.45, 2.75) is 13.2 Å². The quantitative estimate of drug-likeness (QED) is 0.607. The molecule has 5 heteroatoms. The molecule has 0 fully saturated rings. The maximum atomic E-state index is 12.6. The number of halogens is 2. The van der Waals surface area contributed by atoms with Gasteiger partial charge in [0.15, 0.2) is 0 Å². The molecule has 3 aromatic rings. The van der Waals surface area contributed by atoms with Gasteiger partial charge in [-0.1, -0.05) is 71.7 Å². The van der Waals surface area contributed by atoms with Crippen LogP contribution in [0.25, 0.3) is 0 Å². The first-order chi connectivity index (χ1) is 12.6. The number of ether oxygens (including phenoxy) is 1. The smallest absolute Gasteiger partial charge is 0.255 e. The van der Waals surface area contributed by atoms with E-state index < -0.39 is 0 Å². The van der Waals surface area contributed by atoms with Crippen molar-refractivity contribution in [3.63, 3.8) is 0 Å². The van der Waals surface area contributed by atoms with Gasteiger partial charge in [0.05, 0.1) is 5.56 Å². The van der Waals surface area contributed by atoms with E-state index >= 15 is 0 Å². The molecule has 1 amide bonds. The molecule has 26 heavy (non-hydrogen) atoms. The van der Waals surface area contributed by atoms with Crippen molar-refractivity contribution in [1.82, 2.24) is 5.32 Å². The van der Waals surface area contributed by atoms with Gasteiger partial charge in [0.2, 0.25) is 0 Å². The van der Waals surface area contributed by atoms with Crippen LogP contribution in [0.5, 0.6) is 5.75 Å². The van der Waals surface area contributed by atoms with Crippen LogP contribution in [-0.4, -0.2) is 5.91 Å². The molecule has 0 aliphatic rings. The van der Waals surface area contributed by atoms with E-state index in [1.165, 1.54) is 0 Å². The van der Waals surface area contributed by atoms with Crippen molar-refractivity contribution in [2.75, 3.05) is 0 Å². The number of hydrogen-bond acceptors (Lipinski definition) is 2. The minimum atomic E-state index is -0.223. The van der Waals surface area contributed by atoms with E-state index in [-0.39, 0.29) is 5.91 Å². The summed E-state index contributed by atoms with van der Waals surface area (Å²) in [6.07, 6.45) is 0. The number of amides is 1. The van der Waals surface area contributed by atoms with E-state index in [1.807, 2.05) is 36.4 Å². The Hall–Kier alpha value is -2.49. The summed E-state index contributed by atoms with van der Waals surface area (Å²) in [5.74, 6) is 0.315. The fourth-order valence-electron chi connectivity index (χ4n) is 2.45. The summed E-state index contributed by atoms with van der Waals surface area (Å²) in [7, 11) is 0. The molecule has 3 rings (SSSR count). The molecule has 0 aliphatic carbocycles. The first-order valence-corrected chi connectivity index (χ1v) is 8.87. The number of hydrogen-bond donors (Lipinski definition) is 1. The van der Waals surface area contributed by atoms with Gasteiger partial charge in [-0.25, -0.2) is 0 Å². The van der Waals surface area contributed by atoms with E-state index in [1.54, 1.807) is 36.4 Å². The predicted molar refractivity (Wildman–Crippen MR) is 105 cm³/mol. The van der Waals surface area contributed by atoms with Crippen LogP contribution in [0.4, 0.5) is 0 Å². The standard InChI is InChI=1S/C21H17Cl2NO2/c22-17-11-10-16(19(23)12-17)13-24-21(25)18-8-4-5-9-20(18)26-14-15-6-2-1-3-7-15/h1-12H,13-14H2,(H,24,25). The van der Waals surface area contributed by atoms with Gasteiger partial charge < -0.3 is 10.1 Å². The van der Waals surface area contributed by atoms with Crippen LogP contribution in [0.3, 0.4) is 0 Å². The Morgan fingerprint density at radius 3 is 2.42 bits per heavy atom. The topological polar surface area (TPSA) is 38.3 Å². The van der Waals surface area contributed by atoms with Crippen molar-refractivity contribution in [3.8, 4) is 5.75 Å². The van der Waals surface area contributed by atoms with E-state index in [0.717, 1.165) is 11.1 Å². The van der Waals surface area contributed by atoms with Crippen molar-refractivity contribution in [2.24, 2.45) is 0 Å². The van der Waals surface area contributed by atoms with Gasteiger partial charge in [0.25, 0.3) is 5.91 Å². The number of benzene rings is 3. The summed E-state index contributed by atoms with van der Waals surface area (Å²) in [5, 5.41) is 3.95. The summed E-state index contributed by atoms with van der Waals surface area (Å²) in [6, 6.07) is 22.2. The normalized spacial score (nSPS) is 10.4. The number of para-hydroxylation sites is 1. The average Bonchev–Trinajstić information content (AvgIpc) is 2.66. The summed E-state index contributed by atoms with van der Waals surface area (Å²) >= 11 is 12.0. The van der Waals surface area contributed by atoms with Crippen molar-refractivity contribution in [3.05, 3.63) is 99.5 Å². The molecule has 0 saturated carbocycles. The van der Waals surface area contributed by atoms with Crippen LogP contribution in [0.15, 0.2) is 72.8 Å². The van der Waals surface area contributed by atoms with Crippen LogP contribution in [0.1, 0.15) is 21.5 Å². The minimum Gasteiger partial charge on any atom is -0.488 e. The molecule has 3 nitrogen and oxygen atoms in total. The molecular formula is C21H17Cl2NO2. The third-order valence-corrected chi connectivity index (χ3v) is 4.41. The van der Waals surface area contributed by atoms with E-state index in [9.17, 15) is 4.79 Å². The molecule has 132 valence electrons. The highest BCUT2D eigenvalue weighted by Crippen LogP contribution is 2.22. The highest BCUT2D eigenvalue weighted by atomic mass is 35.5. The molecule has 0 radical (unpaired) electrons. The third kappa shape index (κ3) is 4.78. The highest BCUT2D eigenvalue weighted by Gasteiger charge is 2.12. The maximum Gasteiger partial charge on any atom is 0.255 e. The van der Waals surface area contributed by atoms with Gasteiger partial charge in [0.1, 0.15) is 12.4 Å². The lowest BCUT2D eigenvalue weighted by molar-refractivity contribution is 0.0946. The second-order valence-corrected chi connectivity index (χ2v) is 6.53.